The summed E-state index contributed by atoms with van der Waals surface area (Å²) in [6.07, 6.45) is 6.34. The lowest BCUT2D eigenvalue weighted by Crippen LogP contribution is -2.50. The normalized spacial score (nSPS) is 22.3. The summed E-state index contributed by atoms with van der Waals surface area (Å²) in [6.45, 7) is 9.87. The van der Waals surface area contributed by atoms with Crippen molar-refractivity contribution in [3.63, 3.8) is 0 Å². The fourth-order valence-corrected chi connectivity index (χ4v) is 5.17. The molecule has 1 aromatic carbocycles. The number of benzene rings is 1. The number of hydrogen-bond donors (Lipinski definition) is 3. The van der Waals surface area contributed by atoms with Gasteiger partial charge in [-0.15, -0.1) is 0 Å². The number of nitrogens with zero attached hydrogens (tertiary/aromatic N) is 2. The Morgan fingerprint density at radius 3 is 2.57 bits per heavy atom. The number of nitrogens with one attached hydrogen (secondary N) is 2. The predicted octanol–water partition coefficient (Wildman–Crippen LogP) is 3.95. The van der Waals surface area contributed by atoms with Gasteiger partial charge in [-0.05, 0) is 58.7 Å². The standard InChI is InChI=1S/C27H44N4O4/c1-18(2)28-27(34)29-23-13-9-12-22-25(23)35-24(16-30(5)15-21-10-7-6-8-11-21)19(3)14-31(26(22)33)20(4)17-32/h9,12-13,18-21,24,32H,6-8,10-11,14-17H2,1-5H3,(H2,28,29,34)/t19-,20+,24+/m0/s1. The number of fused-ring (bicyclic) bond motifs is 1. The molecule has 35 heavy (non-hydrogen) atoms. The van der Waals surface area contributed by atoms with Crippen LogP contribution in [0.2, 0.25) is 0 Å². The second kappa shape index (κ2) is 12.6. The van der Waals surface area contributed by atoms with Crippen LogP contribution >= 0.6 is 0 Å². The smallest absolute Gasteiger partial charge is 0.319 e. The third-order valence-corrected chi connectivity index (χ3v) is 7.15. The van der Waals surface area contributed by atoms with Crippen molar-refractivity contribution in [3.05, 3.63) is 23.8 Å². The largest absolute Gasteiger partial charge is 0.486 e. The molecule has 0 radical (unpaired) electrons. The van der Waals surface area contributed by atoms with E-state index in [0.717, 1.165) is 13.1 Å². The fraction of sp³-hybridized carbons (Fsp3) is 0.704. The first-order valence-electron chi connectivity index (χ1n) is 13.2. The minimum absolute atomic E-state index is 0.0230. The number of carbonyl (C=O) groups is 2. The molecule has 3 rings (SSSR count). The van der Waals surface area contributed by atoms with Gasteiger partial charge in [0.15, 0.2) is 5.75 Å². The van der Waals surface area contributed by atoms with Gasteiger partial charge in [-0.3, -0.25) is 4.79 Å². The van der Waals surface area contributed by atoms with Crippen molar-refractivity contribution in [2.24, 2.45) is 11.8 Å². The molecule has 1 aliphatic heterocycles. The first-order chi connectivity index (χ1) is 16.7. The lowest BCUT2D eigenvalue weighted by molar-refractivity contribution is 0.0333. The van der Waals surface area contributed by atoms with Gasteiger partial charge in [0.05, 0.1) is 23.9 Å². The average Bonchev–Trinajstić information content (AvgIpc) is 2.81. The van der Waals surface area contributed by atoms with Crippen LogP contribution in [0.5, 0.6) is 5.75 Å². The quantitative estimate of drug-likeness (QED) is 0.515. The molecule has 3 N–H and O–H groups in total. The molecule has 8 nitrogen and oxygen atoms in total. The maximum absolute atomic E-state index is 13.5. The number of aliphatic hydroxyl groups is 1. The summed E-state index contributed by atoms with van der Waals surface area (Å²) in [5, 5.41) is 15.6. The lowest BCUT2D eigenvalue weighted by atomic mass is 9.89. The zero-order chi connectivity index (χ0) is 25.5. The molecule has 1 heterocycles. The van der Waals surface area contributed by atoms with Crippen LogP contribution in [0, 0.1) is 11.8 Å². The van der Waals surface area contributed by atoms with Crippen LogP contribution in [0.25, 0.3) is 0 Å². The molecule has 8 heteroatoms. The summed E-state index contributed by atoms with van der Waals surface area (Å²) in [5.41, 5.74) is 0.874. The Morgan fingerprint density at radius 1 is 1.20 bits per heavy atom. The van der Waals surface area contributed by atoms with Gasteiger partial charge in [-0.1, -0.05) is 32.3 Å². The molecule has 0 spiro atoms. The first-order valence-corrected chi connectivity index (χ1v) is 13.2. The minimum Gasteiger partial charge on any atom is -0.486 e. The van der Waals surface area contributed by atoms with Crippen molar-refractivity contribution in [2.75, 3.05) is 38.6 Å². The van der Waals surface area contributed by atoms with Crippen molar-refractivity contribution in [1.82, 2.24) is 15.1 Å². The predicted molar refractivity (Wildman–Crippen MR) is 139 cm³/mol. The zero-order valence-corrected chi connectivity index (χ0v) is 22.0. The van der Waals surface area contributed by atoms with Crippen LogP contribution in [0.1, 0.15) is 70.2 Å². The Labute approximate surface area is 210 Å². The lowest BCUT2D eigenvalue weighted by Gasteiger charge is -2.39. The molecule has 3 amide bonds. The molecular weight excluding hydrogens is 444 g/mol. The van der Waals surface area contributed by atoms with E-state index in [1.807, 2.05) is 20.8 Å². The first kappa shape index (κ1) is 27.3. The molecule has 2 aliphatic rings. The number of amides is 3. The van der Waals surface area contributed by atoms with E-state index in [9.17, 15) is 14.7 Å². The van der Waals surface area contributed by atoms with Crippen LogP contribution in [0.3, 0.4) is 0 Å². The van der Waals surface area contributed by atoms with Gasteiger partial charge in [0.2, 0.25) is 0 Å². The SMILES string of the molecule is CC(C)NC(=O)Nc1cccc2c1O[C@H](CN(C)CC1CCCCC1)[C@@H](C)CN([C@H](C)CO)C2=O. The van der Waals surface area contributed by atoms with E-state index in [4.69, 9.17) is 4.74 Å². The van der Waals surface area contributed by atoms with Crippen LogP contribution in [0.4, 0.5) is 10.5 Å². The van der Waals surface area contributed by atoms with E-state index in [1.165, 1.54) is 32.1 Å². The number of urea groups is 1. The topological polar surface area (TPSA) is 94.1 Å². The van der Waals surface area contributed by atoms with Gasteiger partial charge < -0.3 is 30.3 Å². The number of hydrogen-bond acceptors (Lipinski definition) is 5. The average molecular weight is 489 g/mol. The van der Waals surface area contributed by atoms with Crippen molar-refractivity contribution in [3.8, 4) is 5.75 Å². The maximum Gasteiger partial charge on any atom is 0.319 e. The number of carbonyl (C=O) groups excluding carboxylic acids is 2. The second-order valence-electron chi connectivity index (χ2n) is 10.8. The van der Waals surface area contributed by atoms with Crippen LogP contribution in [0.15, 0.2) is 18.2 Å². The summed E-state index contributed by atoms with van der Waals surface area (Å²) in [7, 11) is 2.14. The molecule has 3 atom stereocenters. The van der Waals surface area contributed by atoms with Crippen LogP contribution in [-0.4, -0.2) is 78.3 Å². The Morgan fingerprint density at radius 2 is 1.91 bits per heavy atom. The Hall–Kier alpha value is -2.32. The van der Waals surface area contributed by atoms with Crippen LogP contribution in [-0.2, 0) is 0 Å². The molecule has 1 saturated carbocycles. The Bertz CT molecular complexity index is 856. The van der Waals surface area contributed by atoms with Crippen LogP contribution < -0.4 is 15.4 Å². The monoisotopic (exact) mass is 488 g/mol. The van der Waals surface area contributed by atoms with Gasteiger partial charge in [0, 0.05) is 31.6 Å². The third kappa shape index (κ3) is 7.34. The molecule has 1 aromatic rings. The van der Waals surface area contributed by atoms with E-state index in [2.05, 4.69) is 29.5 Å². The maximum atomic E-state index is 13.5. The number of anilines is 1. The molecule has 0 aromatic heterocycles. The van der Waals surface area contributed by atoms with E-state index < -0.39 is 0 Å². The highest BCUT2D eigenvalue weighted by atomic mass is 16.5. The molecule has 1 aliphatic carbocycles. The number of para-hydroxylation sites is 1. The van der Waals surface area contributed by atoms with Gasteiger partial charge in [-0.2, -0.15) is 0 Å². The summed E-state index contributed by atoms with van der Waals surface area (Å²) in [4.78, 5) is 30.1. The second-order valence-corrected chi connectivity index (χ2v) is 10.8. The Balaban J connectivity index is 1.90. The fourth-order valence-electron chi connectivity index (χ4n) is 5.17. The molecule has 0 saturated heterocycles. The number of ether oxygens (including phenoxy) is 1. The van der Waals surface area contributed by atoms with Crippen molar-refractivity contribution in [2.45, 2.75) is 78.0 Å². The summed E-state index contributed by atoms with van der Waals surface area (Å²) in [5.74, 6) is 0.950. The van der Waals surface area contributed by atoms with Gasteiger partial charge in [-0.25, -0.2) is 4.79 Å². The van der Waals surface area contributed by atoms with Gasteiger partial charge >= 0.3 is 6.03 Å². The zero-order valence-electron chi connectivity index (χ0n) is 22.0. The van der Waals surface area contributed by atoms with E-state index in [0.29, 0.717) is 29.5 Å². The minimum atomic E-state index is -0.342. The summed E-state index contributed by atoms with van der Waals surface area (Å²) in [6, 6.07) is 4.57. The number of likely N-dealkylation sites (N-methyl/N-ethyl adjacent to an activating group) is 1. The van der Waals surface area contributed by atoms with E-state index >= 15 is 0 Å². The van der Waals surface area contributed by atoms with Gasteiger partial charge in [0.25, 0.3) is 5.91 Å². The molecule has 1 fully saturated rings. The summed E-state index contributed by atoms with van der Waals surface area (Å²) >= 11 is 0. The van der Waals surface area contributed by atoms with Crippen molar-refractivity contribution >= 4 is 17.6 Å². The van der Waals surface area contributed by atoms with Gasteiger partial charge in [0.1, 0.15) is 6.10 Å². The molecule has 0 bridgehead atoms. The molecule has 0 unspecified atom stereocenters. The third-order valence-electron chi connectivity index (χ3n) is 7.15. The van der Waals surface area contributed by atoms with E-state index in [1.54, 1.807) is 23.1 Å². The number of rotatable bonds is 8. The van der Waals surface area contributed by atoms with E-state index in [-0.39, 0.29) is 42.7 Å². The van der Waals surface area contributed by atoms with Crippen molar-refractivity contribution < 1.29 is 19.4 Å². The highest BCUT2D eigenvalue weighted by molar-refractivity contribution is 6.01. The Kier molecular flexibility index (Phi) is 9.80. The highest BCUT2D eigenvalue weighted by Crippen LogP contribution is 2.35. The molecular formula is C27H44N4O4. The molecule has 196 valence electrons. The summed E-state index contributed by atoms with van der Waals surface area (Å²) < 4.78 is 6.58. The highest BCUT2D eigenvalue weighted by Gasteiger charge is 2.35. The van der Waals surface area contributed by atoms with Crippen molar-refractivity contribution in [1.29, 1.82) is 0 Å². The number of aliphatic hydroxyl groups excluding tert-OH is 1.